The molecular weight excluding hydrogens is 271 g/mol. The van der Waals surface area contributed by atoms with E-state index in [9.17, 15) is 9.18 Å². The van der Waals surface area contributed by atoms with Gasteiger partial charge in [0.2, 0.25) is 0 Å². The number of methoxy groups -OCH3 is 1. The van der Waals surface area contributed by atoms with Crippen molar-refractivity contribution in [2.45, 2.75) is 0 Å². The fourth-order valence-electron chi connectivity index (χ4n) is 2.39. The van der Waals surface area contributed by atoms with Crippen LogP contribution in [0.1, 0.15) is 15.9 Å². The van der Waals surface area contributed by atoms with E-state index in [1.807, 2.05) is 0 Å². The minimum atomic E-state index is -0.357. The number of benzene rings is 2. The van der Waals surface area contributed by atoms with E-state index in [4.69, 9.17) is 10.5 Å². The van der Waals surface area contributed by atoms with Gasteiger partial charge in [-0.3, -0.25) is 4.79 Å². The summed E-state index contributed by atoms with van der Waals surface area (Å²) in [6, 6.07) is 9.26. The van der Waals surface area contributed by atoms with Gasteiger partial charge in [0.15, 0.2) is 11.5 Å². The van der Waals surface area contributed by atoms with Crippen LogP contribution >= 0.6 is 0 Å². The Morgan fingerprint density at radius 1 is 1.24 bits per heavy atom. The second-order valence-corrected chi connectivity index (χ2v) is 4.65. The quantitative estimate of drug-likeness (QED) is 0.573. The molecule has 0 bridgehead atoms. The first-order valence-corrected chi connectivity index (χ1v) is 6.35. The van der Waals surface area contributed by atoms with Crippen LogP contribution in [-0.4, -0.2) is 17.9 Å². The van der Waals surface area contributed by atoms with Crippen LogP contribution in [0, 0.1) is 5.82 Å². The number of H-pyrrole nitrogens is 1. The van der Waals surface area contributed by atoms with Gasteiger partial charge >= 0.3 is 0 Å². The van der Waals surface area contributed by atoms with Gasteiger partial charge in [-0.2, -0.15) is 0 Å². The minimum absolute atomic E-state index is 0.225. The number of nitrogens with two attached hydrogens (primary N) is 1. The van der Waals surface area contributed by atoms with Gasteiger partial charge in [-0.15, -0.1) is 0 Å². The third-order valence-electron chi connectivity index (χ3n) is 3.38. The molecule has 3 rings (SSSR count). The van der Waals surface area contributed by atoms with Gasteiger partial charge in [0.1, 0.15) is 5.82 Å². The average Bonchev–Trinajstić information content (AvgIpc) is 2.89. The molecule has 0 spiro atoms. The summed E-state index contributed by atoms with van der Waals surface area (Å²) in [5, 5.41) is 0.658. The highest BCUT2D eigenvalue weighted by Gasteiger charge is 2.19. The van der Waals surface area contributed by atoms with Gasteiger partial charge in [0, 0.05) is 22.7 Å². The van der Waals surface area contributed by atoms with Crippen molar-refractivity contribution in [1.29, 1.82) is 0 Å². The van der Waals surface area contributed by atoms with Gasteiger partial charge in [0.05, 0.1) is 18.4 Å². The lowest BCUT2D eigenvalue weighted by molar-refractivity contribution is 0.103. The van der Waals surface area contributed by atoms with Crippen LogP contribution in [0.3, 0.4) is 0 Å². The molecule has 2 aromatic carbocycles. The summed E-state index contributed by atoms with van der Waals surface area (Å²) >= 11 is 0. The zero-order valence-electron chi connectivity index (χ0n) is 11.3. The molecule has 0 aliphatic carbocycles. The molecule has 106 valence electrons. The molecule has 0 amide bonds. The molecule has 0 saturated carbocycles. The lowest BCUT2D eigenvalue weighted by Gasteiger charge is -2.09. The molecule has 21 heavy (non-hydrogen) atoms. The molecule has 0 saturated heterocycles. The second-order valence-electron chi connectivity index (χ2n) is 4.65. The summed E-state index contributed by atoms with van der Waals surface area (Å²) in [6.07, 6.45) is 1.56. The summed E-state index contributed by atoms with van der Waals surface area (Å²) in [5.41, 5.74) is 7.62. The molecular formula is C16H13FN2O2. The maximum atomic E-state index is 13.2. The standard InChI is InChI=1S/C16H13FN2O2/c1-21-16-11(3-2-4-13(16)18)15(20)12-8-19-14-7-9(17)5-6-10(12)14/h2-8,19H,18H2,1H3. The number of aromatic nitrogens is 1. The Kier molecular flexibility index (Phi) is 3.10. The van der Waals surface area contributed by atoms with E-state index in [0.29, 0.717) is 33.5 Å². The van der Waals surface area contributed by atoms with Crippen molar-refractivity contribution < 1.29 is 13.9 Å². The maximum absolute atomic E-state index is 13.2. The predicted octanol–water partition coefficient (Wildman–Crippen LogP) is 3.13. The van der Waals surface area contributed by atoms with Crippen molar-refractivity contribution in [3.63, 3.8) is 0 Å². The Hall–Kier alpha value is -2.82. The third kappa shape index (κ3) is 2.12. The molecule has 5 heteroatoms. The molecule has 0 aliphatic rings. The van der Waals surface area contributed by atoms with Crippen LogP contribution in [0.5, 0.6) is 5.75 Å². The summed E-state index contributed by atoms with van der Waals surface area (Å²) < 4.78 is 18.4. The average molecular weight is 284 g/mol. The van der Waals surface area contributed by atoms with Crippen molar-refractivity contribution >= 4 is 22.4 Å². The van der Waals surface area contributed by atoms with Gasteiger partial charge in [-0.25, -0.2) is 4.39 Å². The molecule has 3 N–H and O–H groups in total. The SMILES string of the molecule is COc1c(N)cccc1C(=O)c1c[nH]c2cc(F)ccc12. The number of halogens is 1. The van der Waals surface area contributed by atoms with Gasteiger partial charge in [-0.05, 0) is 30.3 Å². The normalized spacial score (nSPS) is 10.8. The van der Waals surface area contributed by atoms with Crippen LogP contribution in [0.15, 0.2) is 42.6 Å². The number of carbonyl (C=O) groups excluding carboxylic acids is 1. The first kappa shape index (κ1) is 13.2. The highest BCUT2D eigenvalue weighted by Crippen LogP contribution is 2.30. The van der Waals surface area contributed by atoms with E-state index < -0.39 is 0 Å². The summed E-state index contributed by atoms with van der Waals surface area (Å²) in [7, 11) is 1.47. The molecule has 0 unspecified atom stereocenters. The number of hydrogen-bond acceptors (Lipinski definition) is 3. The number of nitrogen functional groups attached to an aromatic ring is 1. The van der Waals surface area contributed by atoms with Gasteiger partial charge < -0.3 is 15.5 Å². The maximum Gasteiger partial charge on any atom is 0.198 e. The van der Waals surface area contributed by atoms with Crippen molar-refractivity contribution in [3.8, 4) is 5.75 Å². The molecule has 4 nitrogen and oxygen atoms in total. The second kappa shape index (κ2) is 4.94. The highest BCUT2D eigenvalue weighted by atomic mass is 19.1. The molecule has 0 fully saturated rings. The molecule has 3 aromatic rings. The van der Waals surface area contributed by atoms with Gasteiger partial charge in [-0.1, -0.05) is 6.07 Å². The van der Waals surface area contributed by atoms with E-state index in [-0.39, 0.29) is 11.6 Å². The highest BCUT2D eigenvalue weighted by molar-refractivity contribution is 6.18. The van der Waals surface area contributed by atoms with E-state index >= 15 is 0 Å². The van der Waals surface area contributed by atoms with Crippen LogP contribution in [-0.2, 0) is 0 Å². The van der Waals surface area contributed by atoms with E-state index in [2.05, 4.69) is 4.98 Å². The molecule has 0 aliphatic heterocycles. The van der Waals surface area contributed by atoms with Crippen LogP contribution < -0.4 is 10.5 Å². The number of anilines is 1. The third-order valence-corrected chi connectivity index (χ3v) is 3.38. The lowest BCUT2D eigenvalue weighted by Crippen LogP contribution is -2.05. The number of hydrogen-bond donors (Lipinski definition) is 2. The summed E-state index contributed by atoms with van der Waals surface area (Å²) in [5.74, 6) is -0.235. The van der Waals surface area contributed by atoms with Crippen LogP contribution in [0.25, 0.3) is 10.9 Å². The first-order chi connectivity index (χ1) is 10.1. The fraction of sp³-hybridized carbons (Fsp3) is 0.0625. The fourth-order valence-corrected chi connectivity index (χ4v) is 2.39. The Balaban J connectivity index is 2.15. The van der Waals surface area contributed by atoms with Crippen molar-refractivity contribution in [3.05, 3.63) is 59.5 Å². The monoisotopic (exact) mass is 284 g/mol. The van der Waals surface area contributed by atoms with Gasteiger partial charge in [0.25, 0.3) is 0 Å². The lowest BCUT2D eigenvalue weighted by atomic mass is 10.0. The number of ether oxygens (including phenoxy) is 1. The smallest absolute Gasteiger partial charge is 0.198 e. The molecule has 0 atom stereocenters. The van der Waals surface area contributed by atoms with E-state index in [1.54, 1.807) is 30.5 Å². The number of nitrogens with one attached hydrogen (secondary N) is 1. The zero-order chi connectivity index (χ0) is 15.0. The topological polar surface area (TPSA) is 68.1 Å². The zero-order valence-corrected chi connectivity index (χ0v) is 11.3. The molecule has 0 radical (unpaired) electrons. The number of carbonyl (C=O) groups is 1. The number of ketones is 1. The van der Waals surface area contributed by atoms with Crippen LogP contribution in [0.2, 0.25) is 0 Å². The molecule has 1 heterocycles. The van der Waals surface area contributed by atoms with Crippen LogP contribution in [0.4, 0.5) is 10.1 Å². The number of fused-ring (bicyclic) bond motifs is 1. The summed E-state index contributed by atoms with van der Waals surface area (Å²) in [4.78, 5) is 15.6. The molecule has 1 aromatic heterocycles. The van der Waals surface area contributed by atoms with Crippen molar-refractivity contribution in [2.75, 3.05) is 12.8 Å². The predicted molar refractivity (Wildman–Crippen MR) is 79.1 cm³/mol. The Morgan fingerprint density at radius 2 is 2.05 bits per heavy atom. The van der Waals surface area contributed by atoms with Crippen molar-refractivity contribution in [2.24, 2.45) is 0 Å². The first-order valence-electron chi connectivity index (χ1n) is 6.35. The largest absolute Gasteiger partial charge is 0.494 e. The number of aromatic amines is 1. The number of para-hydroxylation sites is 1. The Labute approximate surface area is 120 Å². The Morgan fingerprint density at radius 3 is 2.81 bits per heavy atom. The van der Waals surface area contributed by atoms with E-state index in [1.165, 1.54) is 19.2 Å². The Bertz CT molecular complexity index is 839. The van der Waals surface area contributed by atoms with Crippen molar-refractivity contribution in [1.82, 2.24) is 4.98 Å². The minimum Gasteiger partial charge on any atom is -0.494 e. The summed E-state index contributed by atoms with van der Waals surface area (Å²) in [6.45, 7) is 0. The van der Waals surface area contributed by atoms with E-state index in [0.717, 1.165) is 0 Å². The number of rotatable bonds is 3.